The number of carbonyl (C=O) groups is 1. The zero-order chi connectivity index (χ0) is 17.4. The molecule has 1 N–H and O–H groups in total. The molecule has 2 rings (SSSR count). The van der Waals surface area contributed by atoms with E-state index in [1.54, 1.807) is 36.4 Å². The molecule has 0 aromatic heterocycles. The summed E-state index contributed by atoms with van der Waals surface area (Å²) in [6.07, 6.45) is -0.177. The molecule has 0 atom stereocenters. The lowest BCUT2D eigenvalue weighted by Crippen LogP contribution is -2.21. The van der Waals surface area contributed by atoms with E-state index in [9.17, 15) is 9.18 Å². The molecule has 5 nitrogen and oxygen atoms in total. The standard InChI is InChI=1S/C18H17FN2O3/c1-23-16-7-4-14(11-21-18(22)8-9-20)10-17(16)24-12-13-2-5-15(19)6-3-13/h2-7,10H,8,11-12H2,1H3,(H,21,22). The number of amides is 1. The highest BCUT2D eigenvalue weighted by molar-refractivity contribution is 5.77. The van der Waals surface area contributed by atoms with Crippen molar-refractivity contribution in [2.45, 2.75) is 19.6 Å². The monoisotopic (exact) mass is 328 g/mol. The number of ether oxygens (including phenoxy) is 2. The summed E-state index contributed by atoms with van der Waals surface area (Å²) in [5, 5.41) is 11.1. The van der Waals surface area contributed by atoms with E-state index in [1.165, 1.54) is 19.2 Å². The fourth-order valence-corrected chi connectivity index (χ4v) is 2.02. The van der Waals surface area contributed by atoms with Crippen molar-refractivity contribution in [2.24, 2.45) is 0 Å². The Labute approximate surface area is 139 Å². The number of benzene rings is 2. The number of carbonyl (C=O) groups excluding carboxylic acids is 1. The molecule has 0 heterocycles. The van der Waals surface area contributed by atoms with E-state index in [2.05, 4.69) is 5.32 Å². The molecular weight excluding hydrogens is 311 g/mol. The van der Waals surface area contributed by atoms with E-state index >= 15 is 0 Å². The Morgan fingerprint density at radius 2 is 1.88 bits per heavy atom. The van der Waals surface area contributed by atoms with Gasteiger partial charge in [0.15, 0.2) is 11.5 Å². The molecule has 0 aliphatic carbocycles. The number of nitriles is 1. The number of hydrogen-bond donors (Lipinski definition) is 1. The zero-order valence-electron chi connectivity index (χ0n) is 13.2. The highest BCUT2D eigenvalue weighted by Gasteiger charge is 2.08. The summed E-state index contributed by atoms with van der Waals surface area (Å²) < 4.78 is 23.9. The number of hydrogen-bond acceptors (Lipinski definition) is 4. The molecule has 2 aromatic rings. The Hall–Kier alpha value is -3.07. The molecule has 0 bridgehead atoms. The first-order chi connectivity index (χ1) is 11.6. The predicted molar refractivity (Wildman–Crippen MR) is 85.8 cm³/mol. The maximum Gasteiger partial charge on any atom is 0.234 e. The average Bonchev–Trinajstić information content (AvgIpc) is 2.60. The van der Waals surface area contributed by atoms with Crippen LogP contribution in [0.4, 0.5) is 4.39 Å². The number of nitrogens with one attached hydrogen (secondary N) is 1. The summed E-state index contributed by atoms with van der Waals surface area (Å²) in [6.45, 7) is 0.554. The maximum atomic E-state index is 12.9. The van der Waals surface area contributed by atoms with Crippen LogP contribution in [-0.2, 0) is 17.9 Å². The Bertz CT molecular complexity index is 739. The lowest BCUT2D eigenvalue weighted by atomic mass is 10.2. The van der Waals surface area contributed by atoms with Crippen molar-refractivity contribution in [3.8, 4) is 17.6 Å². The van der Waals surface area contributed by atoms with Crippen LogP contribution >= 0.6 is 0 Å². The van der Waals surface area contributed by atoms with Gasteiger partial charge in [-0.15, -0.1) is 0 Å². The summed E-state index contributed by atoms with van der Waals surface area (Å²) in [4.78, 5) is 11.3. The van der Waals surface area contributed by atoms with Gasteiger partial charge in [-0.05, 0) is 35.4 Å². The van der Waals surface area contributed by atoms with Gasteiger partial charge in [0, 0.05) is 6.54 Å². The quantitative estimate of drug-likeness (QED) is 0.848. The van der Waals surface area contributed by atoms with Crippen LogP contribution in [0.2, 0.25) is 0 Å². The third kappa shape index (κ3) is 4.99. The highest BCUT2D eigenvalue weighted by atomic mass is 19.1. The minimum Gasteiger partial charge on any atom is -0.493 e. The van der Waals surface area contributed by atoms with Crippen molar-refractivity contribution in [1.82, 2.24) is 5.32 Å². The Balaban J connectivity index is 2.04. The molecule has 0 aliphatic heterocycles. The number of nitrogens with zero attached hydrogens (tertiary/aromatic N) is 1. The van der Waals surface area contributed by atoms with Crippen LogP contribution < -0.4 is 14.8 Å². The van der Waals surface area contributed by atoms with E-state index in [0.29, 0.717) is 11.5 Å². The second-order valence-electron chi connectivity index (χ2n) is 5.01. The minimum absolute atomic E-state index is 0.177. The van der Waals surface area contributed by atoms with Crippen molar-refractivity contribution < 1.29 is 18.7 Å². The first kappa shape index (κ1) is 17.3. The first-order valence-electron chi connectivity index (χ1n) is 7.30. The van der Waals surface area contributed by atoms with Gasteiger partial charge in [0.05, 0.1) is 13.2 Å². The molecule has 0 unspecified atom stereocenters. The molecular formula is C18H17FN2O3. The molecule has 0 fully saturated rings. The van der Waals surface area contributed by atoms with E-state index in [1.807, 2.05) is 0 Å². The molecule has 2 aromatic carbocycles. The van der Waals surface area contributed by atoms with Crippen LogP contribution in [0.1, 0.15) is 17.5 Å². The summed E-state index contributed by atoms with van der Waals surface area (Å²) in [5.41, 5.74) is 1.64. The number of halogens is 1. The average molecular weight is 328 g/mol. The van der Waals surface area contributed by atoms with Gasteiger partial charge in [0.1, 0.15) is 18.8 Å². The van der Waals surface area contributed by atoms with Crippen LogP contribution in [0, 0.1) is 17.1 Å². The van der Waals surface area contributed by atoms with E-state index in [4.69, 9.17) is 14.7 Å². The topological polar surface area (TPSA) is 71.3 Å². The van der Waals surface area contributed by atoms with Crippen LogP contribution in [0.3, 0.4) is 0 Å². The normalized spacial score (nSPS) is 9.88. The summed E-state index contributed by atoms with van der Waals surface area (Å²) in [7, 11) is 1.54. The molecule has 1 amide bonds. The van der Waals surface area contributed by atoms with Gasteiger partial charge >= 0.3 is 0 Å². The van der Waals surface area contributed by atoms with Gasteiger partial charge in [0.2, 0.25) is 5.91 Å². The number of rotatable bonds is 7. The molecule has 0 saturated carbocycles. The molecule has 0 saturated heterocycles. The Kier molecular flexibility index (Phi) is 6.15. The molecule has 0 aliphatic rings. The smallest absolute Gasteiger partial charge is 0.234 e. The fourth-order valence-electron chi connectivity index (χ4n) is 2.02. The lowest BCUT2D eigenvalue weighted by molar-refractivity contribution is -0.120. The van der Waals surface area contributed by atoms with Crippen LogP contribution in [-0.4, -0.2) is 13.0 Å². The Morgan fingerprint density at radius 1 is 1.17 bits per heavy atom. The van der Waals surface area contributed by atoms with Crippen molar-refractivity contribution in [2.75, 3.05) is 7.11 Å². The maximum absolute atomic E-state index is 12.9. The molecule has 6 heteroatoms. The Morgan fingerprint density at radius 3 is 2.54 bits per heavy atom. The van der Waals surface area contributed by atoms with E-state index < -0.39 is 0 Å². The van der Waals surface area contributed by atoms with Crippen molar-refractivity contribution >= 4 is 5.91 Å². The van der Waals surface area contributed by atoms with Crippen molar-refractivity contribution in [3.05, 3.63) is 59.4 Å². The first-order valence-corrected chi connectivity index (χ1v) is 7.30. The van der Waals surface area contributed by atoms with E-state index in [-0.39, 0.29) is 31.3 Å². The van der Waals surface area contributed by atoms with Crippen molar-refractivity contribution in [1.29, 1.82) is 5.26 Å². The van der Waals surface area contributed by atoms with Gasteiger partial charge in [-0.3, -0.25) is 4.79 Å². The second kappa shape index (κ2) is 8.53. The molecule has 124 valence electrons. The van der Waals surface area contributed by atoms with Crippen LogP contribution in [0.15, 0.2) is 42.5 Å². The van der Waals surface area contributed by atoms with Gasteiger partial charge in [-0.25, -0.2) is 4.39 Å². The van der Waals surface area contributed by atoms with Gasteiger partial charge in [0.25, 0.3) is 0 Å². The second-order valence-corrected chi connectivity index (χ2v) is 5.01. The largest absolute Gasteiger partial charge is 0.493 e. The number of methoxy groups -OCH3 is 1. The molecule has 0 radical (unpaired) electrons. The zero-order valence-corrected chi connectivity index (χ0v) is 13.2. The summed E-state index contributed by atoms with van der Waals surface area (Å²) >= 11 is 0. The summed E-state index contributed by atoms with van der Waals surface area (Å²) in [5.74, 6) is 0.451. The SMILES string of the molecule is COc1ccc(CNC(=O)CC#N)cc1OCc1ccc(F)cc1. The van der Waals surface area contributed by atoms with Crippen LogP contribution in [0.25, 0.3) is 0 Å². The predicted octanol–water partition coefficient (Wildman–Crippen LogP) is 2.94. The molecule has 0 spiro atoms. The van der Waals surface area contributed by atoms with Crippen LogP contribution in [0.5, 0.6) is 11.5 Å². The van der Waals surface area contributed by atoms with Crippen molar-refractivity contribution in [3.63, 3.8) is 0 Å². The third-order valence-electron chi connectivity index (χ3n) is 3.26. The van der Waals surface area contributed by atoms with Gasteiger partial charge in [-0.1, -0.05) is 18.2 Å². The van der Waals surface area contributed by atoms with E-state index in [0.717, 1.165) is 11.1 Å². The fraction of sp³-hybridized carbons (Fsp3) is 0.222. The van der Waals surface area contributed by atoms with Gasteiger partial charge < -0.3 is 14.8 Å². The molecule has 24 heavy (non-hydrogen) atoms. The minimum atomic E-state index is -0.331. The third-order valence-corrected chi connectivity index (χ3v) is 3.26. The van der Waals surface area contributed by atoms with Gasteiger partial charge in [-0.2, -0.15) is 5.26 Å². The highest BCUT2D eigenvalue weighted by Crippen LogP contribution is 2.29. The summed E-state index contributed by atoms with van der Waals surface area (Å²) in [6, 6.07) is 13.1. The lowest BCUT2D eigenvalue weighted by Gasteiger charge is -2.13.